The summed E-state index contributed by atoms with van der Waals surface area (Å²) in [6.45, 7) is 5.36. The molecule has 2 rings (SSSR count). The fourth-order valence-electron chi connectivity index (χ4n) is 2.56. The first-order chi connectivity index (χ1) is 9.60. The molecule has 1 saturated heterocycles. The number of piperidine rings is 1. The van der Waals surface area contributed by atoms with Crippen LogP contribution in [0.15, 0.2) is 24.3 Å². The Morgan fingerprint density at radius 2 is 2.00 bits per heavy atom. The average molecular weight is 274 g/mol. The predicted octanol–water partition coefficient (Wildman–Crippen LogP) is 3.54. The van der Waals surface area contributed by atoms with Crippen LogP contribution in [0.25, 0.3) is 0 Å². The number of urea groups is 1. The first kappa shape index (κ1) is 14.6. The number of carbonyl (C=O) groups excluding carboxylic acids is 2. The largest absolute Gasteiger partial charge is 0.325 e. The minimum absolute atomic E-state index is 0.00450. The van der Waals surface area contributed by atoms with E-state index in [1.165, 1.54) is 13.3 Å². The molecule has 0 aliphatic carbocycles. The zero-order valence-electron chi connectivity index (χ0n) is 12.2. The van der Waals surface area contributed by atoms with Gasteiger partial charge in [-0.15, -0.1) is 0 Å². The second kappa shape index (κ2) is 6.55. The van der Waals surface area contributed by atoms with Crippen molar-refractivity contribution < 1.29 is 9.59 Å². The monoisotopic (exact) mass is 274 g/mol. The molecule has 1 aliphatic heterocycles. The molecule has 1 aromatic rings. The van der Waals surface area contributed by atoms with Gasteiger partial charge in [-0.25, -0.2) is 4.79 Å². The van der Waals surface area contributed by atoms with E-state index in [-0.39, 0.29) is 11.8 Å². The lowest BCUT2D eigenvalue weighted by molar-refractivity contribution is 0.101. The van der Waals surface area contributed by atoms with Crippen LogP contribution in [-0.2, 0) is 0 Å². The van der Waals surface area contributed by atoms with Gasteiger partial charge in [-0.1, -0.05) is 25.5 Å². The fourth-order valence-corrected chi connectivity index (χ4v) is 2.56. The lowest BCUT2D eigenvalue weighted by Gasteiger charge is -2.31. The SMILES string of the molecule is CCC1CCN(C(=O)Nc2cccc(C(C)=O)c2)CC1. The highest BCUT2D eigenvalue weighted by Crippen LogP contribution is 2.21. The van der Waals surface area contributed by atoms with E-state index in [2.05, 4.69) is 12.2 Å². The number of likely N-dealkylation sites (tertiary alicyclic amines) is 1. The minimum Gasteiger partial charge on any atom is -0.325 e. The van der Waals surface area contributed by atoms with Gasteiger partial charge in [0, 0.05) is 24.3 Å². The maximum absolute atomic E-state index is 12.2. The van der Waals surface area contributed by atoms with Crippen molar-refractivity contribution in [1.29, 1.82) is 0 Å². The van der Waals surface area contributed by atoms with Crippen LogP contribution < -0.4 is 5.32 Å². The Bertz CT molecular complexity index is 491. The van der Waals surface area contributed by atoms with E-state index < -0.39 is 0 Å². The van der Waals surface area contributed by atoms with Gasteiger partial charge in [-0.2, -0.15) is 0 Å². The molecule has 0 unspecified atom stereocenters. The van der Waals surface area contributed by atoms with Crippen molar-refractivity contribution in [2.75, 3.05) is 18.4 Å². The van der Waals surface area contributed by atoms with E-state index in [9.17, 15) is 9.59 Å². The molecule has 108 valence electrons. The number of benzene rings is 1. The minimum atomic E-state index is -0.0692. The van der Waals surface area contributed by atoms with E-state index in [1.807, 2.05) is 11.0 Å². The summed E-state index contributed by atoms with van der Waals surface area (Å²) in [4.78, 5) is 25.4. The average Bonchev–Trinajstić information content (AvgIpc) is 2.47. The quantitative estimate of drug-likeness (QED) is 0.857. The summed E-state index contributed by atoms with van der Waals surface area (Å²) in [5.41, 5.74) is 1.30. The summed E-state index contributed by atoms with van der Waals surface area (Å²) in [6.07, 6.45) is 3.35. The van der Waals surface area contributed by atoms with Gasteiger partial charge in [0.05, 0.1) is 0 Å². The van der Waals surface area contributed by atoms with Crippen molar-refractivity contribution in [3.05, 3.63) is 29.8 Å². The van der Waals surface area contributed by atoms with Crippen LogP contribution >= 0.6 is 0 Å². The lowest BCUT2D eigenvalue weighted by Crippen LogP contribution is -2.40. The molecular formula is C16H22N2O2. The van der Waals surface area contributed by atoms with Crippen LogP contribution in [0.3, 0.4) is 0 Å². The van der Waals surface area contributed by atoms with Gasteiger partial charge in [0.1, 0.15) is 0 Å². The topological polar surface area (TPSA) is 49.4 Å². The molecule has 4 heteroatoms. The normalized spacial score (nSPS) is 16.0. The number of rotatable bonds is 3. The van der Waals surface area contributed by atoms with Crippen molar-refractivity contribution in [3.8, 4) is 0 Å². The zero-order valence-corrected chi connectivity index (χ0v) is 12.2. The summed E-state index contributed by atoms with van der Waals surface area (Å²) >= 11 is 0. The van der Waals surface area contributed by atoms with Crippen LogP contribution in [0.4, 0.5) is 10.5 Å². The first-order valence-electron chi connectivity index (χ1n) is 7.27. The maximum atomic E-state index is 12.2. The van der Waals surface area contributed by atoms with E-state index in [4.69, 9.17) is 0 Å². The summed E-state index contributed by atoms with van der Waals surface area (Å²) in [6, 6.07) is 7.00. The second-order valence-electron chi connectivity index (χ2n) is 5.41. The van der Waals surface area contributed by atoms with E-state index in [0.717, 1.165) is 31.8 Å². The van der Waals surface area contributed by atoms with Crippen LogP contribution in [0.5, 0.6) is 0 Å². The van der Waals surface area contributed by atoms with Gasteiger partial charge >= 0.3 is 6.03 Å². The lowest BCUT2D eigenvalue weighted by atomic mass is 9.95. The zero-order chi connectivity index (χ0) is 14.5. The van der Waals surface area contributed by atoms with Crippen LogP contribution in [0.2, 0.25) is 0 Å². The molecule has 1 heterocycles. The number of carbonyl (C=O) groups is 2. The fraction of sp³-hybridized carbons (Fsp3) is 0.500. The van der Waals surface area contributed by atoms with Gasteiger partial charge in [-0.05, 0) is 37.8 Å². The maximum Gasteiger partial charge on any atom is 0.321 e. The van der Waals surface area contributed by atoms with Gasteiger partial charge in [0.2, 0.25) is 0 Å². The molecule has 4 nitrogen and oxygen atoms in total. The standard InChI is InChI=1S/C16H22N2O2/c1-3-13-7-9-18(10-8-13)16(20)17-15-6-4-5-14(11-15)12(2)19/h4-6,11,13H,3,7-10H2,1-2H3,(H,17,20). The van der Waals surface area contributed by atoms with Gasteiger partial charge < -0.3 is 10.2 Å². The van der Waals surface area contributed by atoms with Gasteiger partial charge in [0.15, 0.2) is 5.78 Å². The third-order valence-corrected chi connectivity index (χ3v) is 4.00. The molecule has 0 atom stereocenters. The molecule has 0 aromatic heterocycles. The van der Waals surface area contributed by atoms with Crippen molar-refractivity contribution in [2.24, 2.45) is 5.92 Å². The van der Waals surface area contributed by atoms with Crippen LogP contribution in [0.1, 0.15) is 43.5 Å². The van der Waals surface area contributed by atoms with Crippen LogP contribution in [0, 0.1) is 5.92 Å². The van der Waals surface area contributed by atoms with Gasteiger partial charge in [-0.3, -0.25) is 4.79 Å². The Labute approximate surface area is 120 Å². The van der Waals surface area contributed by atoms with E-state index in [0.29, 0.717) is 11.3 Å². The van der Waals surface area contributed by atoms with Crippen molar-refractivity contribution in [2.45, 2.75) is 33.1 Å². The Hall–Kier alpha value is -1.84. The molecule has 1 aromatic carbocycles. The molecule has 2 amide bonds. The highest BCUT2D eigenvalue weighted by Gasteiger charge is 2.21. The Morgan fingerprint density at radius 3 is 2.60 bits per heavy atom. The van der Waals surface area contributed by atoms with Crippen molar-refractivity contribution >= 4 is 17.5 Å². The van der Waals surface area contributed by atoms with E-state index >= 15 is 0 Å². The number of anilines is 1. The highest BCUT2D eigenvalue weighted by atomic mass is 16.2. The Morgan fingerprint density at radius 1 is 1.30 bits per heavy atom. The van der Waals surface area contributed by atoms with E-state index in [1.54, 1.807) is 18.2 Å². The molecule has 1 aliphatic rings. The second-order valence-corrected chi connectivity index (χ2v) is 5.41. The molecule has 0 saturated carbocycles. The number of amides is 2. The Kier molecular flexibility index (Phi) is 4.77. The Balaban J connectivity index is 1.95. The first-order valence-corrected chi connectivity index (χ1v) is 7.27. The third kappa shape index (κ3) is 3.59. The molecule has 0 radical (unpaired) electrons. The number of hydrogen-bond acceptors (Lipinski definition) is 2. The smallest absolute Gasteiger partial charge is 0.321 e. The number of nitrogens with zero attached hydrogens (tertiary/aromatic N) is 1. The summed E-state index contributed by atoms with van der Waals surface area (Å²) in [7, 11) is 0. The predicted molar refractivity (Wildman–Crippen MR) is 80.1 cm³/mol. The van der Waals surface area contributed by atoms with Crippen molar-refractivity contribution in [3.63, 3.8) is 0 Å². The molecule has 0 spiro atoms. The molecule has 1 fully saturated rings. The molecular weight excluding hydrogens is 252 g/mol. The van der Waals surface area contributed by atoms with Crippen LogP contribution in [-0.4, -0.2) is 29.8 Å². The summed E-state index contributed by atoms with van der Waals surface area (Å²) in [5, 5.41) is 2.87. The highest BCUT2D eigenvalue weighted by molar-refractivity contribution is 5.96. The van der Waals surface area contributed by atoms with Gasteiger partial charge in [0.25, 0.3) is 0 Å². The molecule has 1 N–H and O–H groups in total. The number of Topliss-reactive ketones (excluding diaryl/α,β-unsaturated/α-hetero) is 1. The summed E-state index contributed by atoms with van der Waals surface area (Å²) in [5.74, 6) is 0.755. The van der Waals surface area contributed by atoms with Crippen molar-refractivity contribution in [1.82, 2.24) is 4.90 Å². The third-order valence-electron chi connectivity index (χ3n) is 4.00. The molecule has 20 heavy (non-hydrogen) atoms. The number of hydrogen-bond donors (Lipinski definition) is 1. The molecule has 0 bridgehead atoms. The number of ketones is 1. The summed E-state index contributed by atoms with van der Waals surface area (Å²) < 4.78 is 0. The number of nitrogens with one attached hydrogen (secondary N) is 1.